The van der Waals surface area contributed by atoms with Gasteiger partial charge in [0.25, 0.3) is 0 Å². The van der Waals surface area contributed by atoms with E-state index < -0.39 is 8.80 Å². The molecule has 1 unspecified atom stereocenters. The average molecular weight is 237 g/mol. The van der Waals surface area contributed by atoms with Crippen LogP contribution in [0.1, 0.15) is 6.42 Å². The van der Waals surface area contributed by atoms with Crippen LogP contribution >= 0.6 is 0 Å². The van der Waals surface area contributed by atoms with Crippen LogP contribution in [0, 0.1) is 0 Å². The molecule has 1 atom stereocenters. The van der Waals surface area contributed by atoms with Crippen molar-refractivity contribution in [1.29, 1.82) is 0 Å². The fraction of sp³-hybridized carbons (Fsp3) is 1.00. The highest BCUT2D eigenvalue weighted by molar-refractivity contribution is 6.60. The molecule has 0 fully saturated rings. The molecule has 0 aromatic carbocycles. The molecule has 92 valence electrons. The first-order valence-corrected chi connectivity index (χ1v) is 6.91. The van der Waals surface area contributed by atoms with E-state index in [1.54, 1.807) is 21.3 Å². The Bertz CT molecular complexity index is 150. The minimum atomic E-state index is -2.47. The molecule has 5 N–H and O–H groups in total. The van der Waals surface area contributed by atoms with Gasteiger partial charge in [-0.2, -0.15) is 0 Å². The molecular formula is C8H23N3O3Si. The third-order valence-corrected chi connectivity index (χ3v) is 5.01. The minimum absolute atomic E-state index is 0.0964. The van der Waals surface area contributed by atoms with Crippen molar-refractivity contribution in [2.75, 3.05) is 34.4 Å². The minimum Gasteiger partial charge on any atom is -0.377 e. The standard InChI is InChI=1S/C8H23N3O3Si/c1-12-15(13-2,14-3)7-4-8(10)11-6-5-9/h8,11H,4-7,9-10H2,1-3H3. The molecule has 0 bridgehead atoms. The number of nitrogens with two attached hydrogens (primary N) is 2. The quantitative estimate of drug-likeness (QED) is 0.355. The summed E-state index contributed by atoms with van der Waals surface area (Å²) in [6.45, 7) is 1.29. The molecule has 0 aromatic heterocycles. The van der Waals surface area contributed by atoms with E-state index in [0.717, 1.165) is 6.42 Å². The lowest BCUT2D eigenvalue weighted by Gasteiger charge is -2.25. The Morgan fingerprint density at radius 1 is 1.20 bits per heavy atom. The molecule has 0 saturated heterocycles. The maximum absolute atomic E-state index is 5.82. The van der Waals surface area contributed by atoms with Gasteiger partial charge >= 0.3 is 8.80 Å². The summed E-state index contributed by atoms with van der Waals surface area (Å²) in [6.07, 6.45) is 0.641. The summed E-state index contributed by atoms with van der Waals surface area (Å²) >= 11 is 0. The summed E-state index contributed by atoms with van der Waals surface area (Å²) in [5, 5.41) is 3.09. The molecule has 7 heteroatoms. The van der Waals surface area contributed by atoms with E-state index in [1.165, 1.54) is 0 Å². The molecular weight excluding hydrogens is 214 g/mol. The van der Waals surface area contributed by atoms with Gasteiger partial charge in [-0.1, -0.05) is 0 Å². The van der Waals surface area contributed by atoms with E-state index in [9.17, 15) is 0 Å². The van der Waals surface area contributed by atoms with E-state index in [4.69, 9.17) is 24.7 Å². The van der Waals surface area contributed by atoms with Gasteiger partial charge in [0.1, 0.15) is 0 Å². The van der Waals surface area contributed by atoms with Crippen LogP contribution in [0.4, 0.5) is 0 Å². The predicted octanol–water partition coefficient (Wildman–Crippen LogP) is -0.912. The Labute approximate surface area is 92.6 Å². The van der Waals surface area contributed by atoms with Gasteiger partial charge in [0.2, 0.25) is 0 Å². The van der Waals surface area contributed by atoms with Crippen LogP contribution < -0.4 is 16.8 Å². The molecule has 0 saturated carbocycles. The van der Waals surface area contributed by atoms with Crippen molar-refractivity contribution in [2.24, 2.45) is 11.5 Å². The molecule has 0 aromatic rings. The van der Waals surface area contributed by atoms with Crippen LogP contribution in [-0.4, -0.2) is 49.4 Å². The van der Waals surface area contributed by atoms with Crippen LogP contribution in [0.3, 0.4) is 0 Å². The highest BCUT2D eigenvalue weighted by atomic mass is 28.4. The molecule has 15 heavy (non-hydrogen) atoms. The number of nitrogens with one attached hydrogen (secondary N) is 1. The maximum Gasteiger partial charge on any atom is 0.500 e. The third kappa shape index (κ3) is 5.57. The highest BCUT2D eigenvalue weighted by Gasteiger charge is 2.37. The topological polar surface area (TPSA) is 91.8 Å². The largest absolute Gasteiger partial charge is 0.500 e. The molecule has 6 nitrogen and oxygen atoms in total. The smallest absolute Gasteiger partial charge is 0.377 e. The number of hydrogen-bond donors (Lipinski definition) is 3. The Morgan fingerprint density at radius 2 is 1.73 bits per heavy atom. The van der Waals surface area contributed by atoms with E-state index in [2.05, 4.69) is 5.32 Å². The van der Waals surface area contributed by atoms with Gasteiger partial charge in [0.05, 0.1) is 6.17 Å². The SMILES string of the molecule is CO[Si](CCC(N)NCCN)(OC)OC. The summed E-state index contributed by atoms with van der Waals surface area (Å²) in [5.74, 6) is 0. The van der Waals surface area contributed by atoms with E-state index in [-0.39, 0.29) is 6.17 Å². The van der Waals surface area contributed by atoms with Crippen molar-refractivity contribution in [1.82, 2.24) is 5.32 Å². The normalized spacial score (nSPS) is 14.2. The van der Waals surface area contributed by atoms with E-state index in [0.29, 0.717) is 19.1 Å². The first-order chi connectivity index (χ1) is 7.14. The maximum atomic E-state index is 5.82. The number of rotatable bonds is 9. The van der Waals surface area contributed by atoms with Gasteiger partial charge in [-0.05, 0) is 6.42 Å². The molecule has 0 heterocycles. The molecule has 0 aliphatic heterocycles. The van der Waals surface area contributed by atoms with Crippen molar-refractivity contribution in [3.63, 3.8) is 0 Å². The third-order valence-electron chi connectivity index (χ3n) is 2.25. The van der Waals surface area contributed by atoms with E-state index in [1.807, 2.05) is 0 Å². The van der Waals surface area contributed by atoms with Crippen LogP contribution in [0.5, 0.6) is 0 Å². The zero-order valence-corrected chi connectivity index (χ0v) is 10.8. The summed E-state index contributed by atoms with van der Waals surface area (Å²) in [4.78, 5) is 0. The fourth-order valence-corrected chi connectivity index (χ4v) is 3.04. The van der Waals surface area contributed by atoms with Crippen LogP contribution in [0.2, 0.25) is 6.04 Å². The van der Waals surface area contributed by atoms with Crippen molar-refractivity contribution in [3.05, 3.63) is 0 Å². The molecule has 0 amide bonds. The molecule has 0 aliphatic carbocycles. The average Bonchev–Trinajstić information content (AvgIpc) is 2.29. The van der Waals surface area contributed by atoms with Gasteiger partial charge in [0, 0.05) is 40.5 Å². The first kappa shape index (κ1) is 15.0. The molecule has 0 rings (SSSR count). The van der Waals surface area contributed by atoms with Crippen molar-refractivity contribution in [3.8, 4) is 0 Å². The Morgan fingerprint density at radius 3 is 2.13 bits per heavy atom. The Hall–Kier alpha value is -0.0231. The van der Waals surface area contributed by atoms with Crippen LogP contribution in [0.15, 0.2) is 0 Å². The zero-order valence-electron chi connectivity index (χ0n) is 9.79. The summed E-state index contributed by atoms with van der Waals surface area (Å²) < 4.78 is 15.8. The molecule has 0 aliphatic rings. The van der Waals surface area contributed by atoms with Gasteiger partial charge in [-0.3, -0.25) is 0 Å². The summed E-state index contributed by atoms with van der Waals surface area (Å²) in [5.41, 5.74) is 11.2. The number of hydrogen-bond acceptors (Lipinski definition) is 6. The predicted molar refractivity (Wildman–Crippen MR) is 61.2 cm³/mol. The van der Waals surface area contributed by atoms with E-state index >= 15 is 0 Å². The van der Waals surface area contributed by atoms with Gasteiger partial charge in [-0.15, -0.1) is 0 Å². The van der Waals surface area contributed by atoms with Crippen molar-refractivity contribution >= 4 is 8.80 Å². The molecule has 0 radical (unpaired) electrons. The van der Waals surface area contributed by atoms with Gasteiger partial charge in [0.15, 0.2) is 0 Å². The summed E-state index contributed by atoms with van der Waals surface area (Å²) in [7, 11) is 2.32. The molecule has 0 spiro atoms. The first-order valence-electron chi connectivity index (χ1n) is 4.98. The van der Waals surface area contributed by atoms with Crippen molar-refractivity contribution in [2.45, 2.75) is 18.6 Å². The van der Waals surface area contributed by atoms with Crippen molar-refractivity contribution < 1.29 is 13.3 Å². The van der Waals surface area contributed by atoms with Crippen LogP contribution in [0.25, 0.3) is 0 Å². The second-order valence-corrected chi connectivity index (χ2v) is 6.27. The zero-order chi connectivity index (χ0) is 11.7. The fourth-order valence-electron chi connectivity index (χ4n) is 1.26. The summed E-state index contributed by atoms with van der Waals surface area (Å²) in [6, 6.07) is 0.690. The second-order valence-electron chi connectivity index (χ2n) is 3.18. The second kappa shape index (κ2) is 8.17. The highest BCUT2D eigenvalue weighted by Crippen LogP contribution is 2.15. The van der Waals surface area contributed by atoms with Gasteiger partial charge < -0.3 is 30.1 Å². The van der Waals surface area contributed by atoms with Crippen LogP contribution in [-0.2, 0) is 13.3 Å². The Balaban J connectivity index is 3.88. The lowest BCUT2D eigenvalue weighted by atomic mass is 10.4. The lowest BCUT2D eigenvalue weighted by Crippen LogP contribution is -2.46. The monoisotopic (exact) mass is 237 g/mol. The lowest BCUT2D eigenvalue weighted by molar-refractivity contribution is 0.122. The Kier molecular flexibility index (Phi) is 8.15. The van der Waals surface area contributed by atoms with Gasteiger partial charge in [-0.25, -0.2) is 0 Å².